The summed E-state index contributed by atoms with van der Waals surface area (Å²) in [5.41, 5.74) is 1.70. The van der Waals surface area contributed by atoms with Crippen molar-refractivity contribution in [1.82, 2.24) is 0 Å². The van der Waals surface area contributed by atoms with Gasteiger partial charge in [-0.15, -0.1) is 0 Å². The molecule has 1 fully saturated rings. The van der Waals surface area contributed by atoms with E-state index in [9.17, 15) is 0 Å². The standard InChI is InChI=1S/C13H14/c1-2-11-12-6-4-3-5-9(12)7-10-8-13(10)11/h3-7,10,13H,2,8H2,1H3. The zero-order chi connectivity index (χ0) is 8.84. The molecule has 0 heteroatoms. The molecule has 3 rings (SSSR count). The van der Waals surface area contributed by atoms with E-state index in [1.165, 1.54) is 23.3 Å². The van der Waals surface area contributed by atoms with Gasteiger partial charge in [-0.2, -0.15) is 0 Å². The highest BCUT2D eigenvalue weighted by atomic mass is 14.4. The van der Waals surface area contributed by atoms with Gasteiger partial charge in [0.25, 0.3) is 0 Å². The second kappa shape index (κ2) is 2.47. The summed E-state index contributed by atoms with van der Waals surface area (Å²) in [4.78, 5) is 0. The summed E-state index contributed by atoms with van der Waals surface area (Å²) in [5, 5.41) is 2.99. The van der Waals surface area contributed by atoms with E-state index in [1.54, 1.807) is 5.57 Å². The van der Waals surface area contributed by atoms with E-state index < -0.39 is 0 Å². The van der Waals surface area contributed by atoms with Crippen molar-refractivity contribution in [3.05, 3.63) is 34.7 Å². The summed E-state index contributed by atoms with van der Waals surface area (Å²) < 4.78 is 0. The van der Waals surface area contributed by atoms with Crippen molar-refractivity contribution in [3.63, 3.8) is 0 Å². The molecule has 0 saturated heterocycles. The Morgan fingerprint density at radius 1 is 1.31 bits per heavy atom. The lowest BCUT2D eigenvalue weighted by Crippen LogP contribution is -2.29. The summed E-state index contributed by atoms with van der Waals surface area (Å²) >= 11 is 0. The maximum Gasteiger partial charge on any atom is -0.0125 e. The molecule has 0 aromatic heterocycles. The molecule has 1 saturated carbocycles. The zero-order valence-corrected chi connectivity index (χ0v) is 7.96. The van der Waals surface area contributed by atoms with Crippen LogP contribution >= 0.6 is 0 Å². The lowest BCUT2D eigenvalue weighted by molar-refractivity contribution is 0.961. The SMILES string of the molecule is CCC1=c2ccccc2=CC2CC12. The zero-order valence-electron chi connectivity index (χ0n) is 7.96. The molecule has 2 aliphatic carbocycles. The molecule has 1 aromatic carbocycles. The molecule has 2 aliphatic rings. The smallest absolute Gasteiger partial charge is 0.0125 e. The van der Waals surface area contributed by atoms with E-state index in [0.717, 1.165) is 11.8 Å². The van der Waals surface area contributed by atoms with Crippen molar-refractivity contribution in [2.24, 2.45) is 11.8 Å². The van der Waals surface area contributed by atoms with E-state index in [4.69, 9.17) is 0 Å². The lowest BCUT2D eigenvalue weighted by atomic mass is 9.98. The molecule has 2 atom stereocenters. The van der Waals surface area contributed by atoms with Crippen LogP contribution in [0.4, 0.5) is 0 Å². The predicted octanol–water partition coefficient (Wildman–Crippen LogP) is 1.68. The van der Waals surface area contributed by atoms with Crippen molar-refractivity contribution >= 4 is 11.6 Å². The van der Waals surface area contributed by atoms with Gasteiger partial charge < -0.3 is 0 Å². The highest BCUT2D eigenvalue weighted by molar-refractivity contribution is 5.60. The van der Waals surface area contributed by atoms with Crippen LogP contribution in [0, 0.1) is 11.8 Å². The first-order chi connectivity index (χ1) is 6.40. The molecule has 2 unspecified atom stereocenters. The van der Waals surface area contributed by atoms with Gasteiger partial charge in [-0.05, 0) is 35.1 Å². The van der Waals surface area contributed by atoms with E-state index in [1.807, 2.05) is 0 Å². The van der Waals surface area contributed by atoms with Crippen molar-refractivity contribution in [1.29, 1.82) is 0 Å². The van der Waals surface area contributed by atoms with E-state index in [0.29, 0.717) is 0 Å². The fraction of sp³-hybridized carbons (Fsp3) is 0.385. The van der Waals surface area contributed by atoms with E-state index in [2.05, 4.69) is 37.3 Å². The summed E-state index contributed by atoms with van der Waals surface area (Å²) in [5.74, 6) is 1.78. The topological polar surface area (TPSA) is 0 Å². The summed E-state index contributed by atoms with van der Waals surface area (Å²) in [7, 11) is 0. The van der Waals surface area contributed by atoms with Gasteiger partial charge in [0.1, 0.15) is 0 Å². The van der Waals surface area contributed by atoms with Gasteiger partial charge in [0, 0.05) is 0 Å². The highest BCUT2D eigenvalue weighted by Gasteiger charge is 2.39. The normalized spacial score (nSPS) is 28.8. The number of hydrogen-bond donors (Lipinski definition) is 0. The summed E-state index contributed by atoms with van der Waals surface area (Å²) in [6.45, 7) is 2.28. The molecule has 0 aliphatic heterocycles. The van der Waals surface area contributed by atoms with E-state index >= 15 is 0 Å². The summed E-state index contributed by atoms with van der Waals surface area (Å²) in [6, 6.07) is 8.83. The van der Waals surface area contributed by atoms with Crippen molar-refractivity contribution in [3.8, 4) is 0 Å². The average Bonchev–Trinajstić information content (AvgIpc) is 2.92. The molecule has 0 heterocycles. The van der Waals surface area contributed by atoms with Crippen LogP contribution in [-0.2, 0) is 0 Å². The van der Waals surface area contributed by atoms with Gasteiger partial charge >= 0.3 is 0 Å². The number of benzene rings is 1. The number of fused-ring (bicyclic) bond motifs is 2. The van der Waals surface area contributed by atoms with Crippen LogP contribution in [0.15, 0.2) is 24.3 Å². The van der Waals surface area contributed by atoms with E-state index in [-0.39, 0.29) is 0 Å². The minimum absolute atomic E-state index is 0.879. The van der Waals surface area contributed by atoms with Crippen LogP contribution < -0.4 is 10.4 Å². The van der Waals surface area contributed by atoms with Gasteiger partial charge in [0.15, 0.2) is 0 Å². The first-order valence-electron chi connectivity index (χ1n) is 5.20. The maximum absolute atomic E-state index is 2.46. The van der Waals surface area contributed by atoms with Gasteiger partial charge in [-0.1, -0.05) is 42.8 Å². The van der Waals surface area contributed by atoms with Crippen molar-refractivity contribution < 1.29 is 0 Å². The molecule has 0 nitrogen and oxygen atoms in total. The molecular formula is C13H14. The Kier molecular flexibility index (Phi) is 1.40. The van der Waals surface area contributed by atoms with Gasteiger partial charge in [0.05, 0.1) is 0 Å². The third-order valence-electron chi connectivity index (χ3n) is 3.37. The Morgan fingerprint density at radius 2 is 2.15 bits per heavy atom. The van der Waals surface area contributed by atoms with Gasteiger partial charge in [0.2, 0.25) is 0 Å². The van der Waals surface area contributed by atoms with Crippen LogP contribution in [0.5, 0.6) is 0 Å². The third-order valence-corrected chi connectivity index (χ3v) is 3.37. The summed E-state index contributed by atoms with van der Waals surface area (Å²) in [6.07, 6.45) is 5.09. The highest BCUT2D eigenvalue weighted by Crippen LogP contribution is 2.47. The molecule has 1 aromatic rings. The Balaban J connectivity index is 2.40. The molecule has 0 N–H and O–H groups in total. The van der Waals surface area contributed by atoms with Gasteiger partial charge in [-0.3, -0.25) is 0 Å². The molecule has 0 radical (unpaired) electrons. The average molecular weight is 170 g/mol. The monoisotopic (exact) mass is 170 g/mol. The van der Waals surface area contributed by atoms with Crippen LogP contribution in [0.3, 0.4) is 0 Å². The maximum atomic E-state index is 2.46. The fourth-order valence-electron chi connectivity index (χ4n) is 2.62. The van der Waals surface area contributed by atoms with Gasteiger partial charge in [-0.25, -0.2) is 0 Å². The van der Waals surface area contributed by atoms with Crippen molar-refractivity contribution in [2.75, 3.05) is 0 Å². The first-order valence-corrected chi connectivity index (χ1v) is 5.20. The van der Waals surface area contributed by atoms with Crippen molar-refractivity contribution in [2.45, 2.75) is 19.8 Å². The Hall–Kier alpha value is -1.04. The third kappa shape index (κ3) is 0.980. The molecular weight excluding hydrogens is 156 g/mol. The second-order valence-corrected chi connectivity index (χ2v) is 4.14. The largest absolute Gasteiger partial charge is 0.0729 e. The Labute approximate surface area is 78.6 Å². The molecule has 13 heavy (non-hydrogen) atoms. The predicted molar refractivity (Wildman–Crippen MR) is 55.5 cm³/mol. The fourth-order valence-corrected chi connectivity index (χ4v) is 2.62. The molecule has 0 bridgehead atoms. The first kappa shape index (κ1) is 7.37. The molecule has 0 amide bonds. The quantitative estimate of drug-likeness (QED) is 0.601. The minimum Gasteiger partial charge on any atom is -0.0729 e. The van der Waals surface area contributed by atoms with Crippen LogP contribution in [-0.4, -0.2) is 0 Å². The van der Waals surface area contributed by atoms with Crippen LogP contribution in [0.2, 0.25) is 0 Å². The molecule has 0 spiro atoms. The second-order valence-electron chi connectivity index (χ2n) is 4.14. The van der Waals surface area contributed by atoms with Crippen LogP contribution in [0.1, 0.15) is 19.8 Å². The molecule has 66 valence electrons. The Morgan fingerprint density at radius 3 is 3.00 bits per heavy atom. The Bertz CT molecular complexity index is 453. The number of hydrogen-bond acceptors (Lipinski definition) is 0. The lowest BCUT2D eigenvalue weighted by Gasteiger charge is -2.07. The number of rotatable bonds is 1. The minimum atomic E-state index is 0.879. The van der Waals surface area contributed by atoms with Crippen LogP contribution in [0.25, 0.3) is 11.6 Å².